The zero-order valence-electron chi connectivity index (χ0n) is 10.9. The molecule has 0 amide bonds. The second-order valence-electron chi connectivity index (χ2n) is 5.14. The smallest absolute Gasteiger partial charge is 0.0359 e. The molecule has 0 bridgehead atoms. The molecule has 1 atom stereocenters. The summed E-state index contributed by atoms with van der Waals surface area (Å²) in [5.74, 6) is 0.800. The van der Waals surface area contributed by atoms with Crippen molar-refractivity contribution in [1.29, 1.82) is 0 Å². The van der Waals surface area contributed by atoms with Crippen LogP contribution >= 0.6 is 31.9 Å². The van der Waals surface area contributed by atoms with Gasteiger partial charge in [-0.1, -0.05) is 57.7 Å². The van der Waals surface area contributed by atoms with E-state index in [0.29, 0.717) is 6.04 Å². The first-order chi connectivity index (χ1) is 8.72. The predicted molar refractivity (Wildman–Crippen MR) is 84.8 cm³/mol. The van der Waals surface area contributed by atoms with Crippen molar-refractivity contribution in [3.63, 3.8) is 0 Å². The van der Waals surface area contributed by atoms with Crippen LogP contribution in [0, 0.1) is 5.92 Å². The van der Waals surface area contributed by atoms with Gasteiger partial charge in [-0.15, -0.1) is 0 Å². The second kappa shape index (κ2) is 7.06. The number of hydrogen-bond acceptors (Lipinski definition) is 1. The van der Waals surface area contributed by atoms with Gasteiger partial charge in [0.2, 0.25) is 0 Å². The monoisotopic (exact) mass is 373 g/mol. The Hall–Kier alpha value is 0.140. The molecule has 18 heavy (non-hydrogen) atoms. The average molecular weight is 375 g/mol. The van der Waals surface area contributed by atoms with Crippen LogP contribution in [0.25, 0.3) is 0 Å². The van der Waals surface area contributed by atoms with E-state index in [2.05, 4.69) is 62.3 Å². The Bertz CT molecular complexity index is 386. The van der Waals surface area contributed by atoms with Crippen LogP contribution in [0.2, 0.25) is 0 Å². The van der Waals surface area contributed by atoms with Gasteiger partial charge < -0.3 is 5.32 Å². The fourth-order valence-corrected chi connectivity index (χ4v) is 4.17. The highest BCUT2D eigenvalue weighted by Crippen LogP contribution is 2.38. The molecule has 0 spiro atoms. The minimum absolute atomic E-state index is 0.509. The Kier molecular flexibility index (Phi) is 5.71. The van der Waals surface area contributed by atoms with Gasteiger partial charge in [-0.05, 0) is 49.4 Å². The predicted octanol–water partition coefficient (Wildman–Crippen LogP) is 5.44. The van der Waals surface area contributed by atoms with Crippen molar-refractivity contribution in [1.82, 2.24) is 5.32 Å². The maximum Gasteiger partial charge on any atom is 0.0359 e. The van der Waals surface area contributed by atoms with E-state index in [1.807, 2.05) is 0 Å². The standard InChI is InChI=1S/C15H21Br2N/c1-2-9-18-15(11-5-3-4-6-11)13-8-7-12(16)10-14(13)17/h7-8,10-11,15,18H,2-6,9H2,1H3. The van der Waals surface area contributed by atoms with Crippen molar-refractivity contribution in [2.24, 2.45) is 5.92 Å². The average Bonchev–Trinajstić information content (AvgIpc) is 2.85. The van der Waals surface area contributed by atoms with Gasteiger partial charge in [-0.2, -0.15) is 0 Å². The molecule has 0 saturated heterocycles. The SMILES string of the molecule is CCCNC(c1ccc(Br)cc1Br)C1CCCC1. The van der Waals surface area contributed by atoms with Crippen molar-refractivity contribution in [3.8, 4) is 0 Å². The van der Waals surface area contributed by atoms with E-state index in [9.17, 15) is 0 Å². The summed E-state index contributed by atoms with van der Waals surface area (Å²) in [7, 11) is 0. The van der Waals surface area contributed by atoms with Crippen LogP contribution in [-0.2, 0) is 0 Å². The van der Waals surface area contributed by atoms with Gasteiger partial charge in [0, 0.05) is 15.0 Å². The van der Waals surface area contributed by atoms with E-state index in [0.717, 1.165) is 16.9 Å². The Balaban J connectivity index is 2.20. The van der Waals surface area contributed by atoms with Gasteiger partial charge in [0.25, 0.3) is 0 Å². The first-order valence-electron chi connectivity index (χ1n) is 6.90. The highest BCUT2D eigenvalue weighted by molar-refractivity contribution is 9.11. The minimum atomic E-state index is 0.509. The fourth-order valence-electron chi connectivity index (χ4n) is 2.87. The summed E-state index contributed by atoms with van der Waals surface area (Å²) in [6, 6.07) is 7.07. The Morgan fingerprint density at radius 2 is 2.00 bits per heavy atom. The lowest BCUT2D eigenvalue weighted by atomic mass is 9.91. The van der Waals surface area contributed by atoms with Crippen molar-refractivity contribution in [2.75, 3.05) is 6.54 Å². The molecule has 0 heterocycles. The maximum atomic E-state index is 3.74. The van der Waals surface area contributed by atoms with Crippen LogP contribution in [0.1, 0.15) is 50.6 Å². The van der Waals surface area contributed by atoms with Crippen molar-refractivity contribution in [2.45, 2.75) is 45.1 Å². The van der Waals surface area contributed by atoms with Crippen LogP contribution in [-0.4, -0.2) is 6.54 Å². The van der Waals surface area contributed by atoms with Gasteiger partial charge in [0.1, 0.15) is 0 Å². The summed E-state index contributed by atoms with van der Waals surface area (Å²) in [4.78, 5) is 0. The molecule has 1 aliphatic rings. The fraction of sp³-hybridized carbons (Fsp3) is 0.600. The van der Waals surface area contributed by atoms with Crippen LogP contribution in [0.4, 0.5) is 0 Å². The van der Waals surface area contributed by atoms with Gasteiger partial charge in [0.05, 0.1) is 0 Å². The largest absolute Gasteiger partial charge is 0.310 e. The number of halogens is 2. The molecule has 1 N–H and O–H groups in total. The molecule has 1 saturated carbocycles. The lowest BCUT2D eigenvalue weighted by Crippen LogP contribution is -2.28. The molecule has 100 valence electrons. The molecular formula is C15H21Br2N. The lowest BCUT2D eigenvalue weighted by molar-refractivity contribution is 0.367. The molecule has 1 fully saturated rings. The van der Waals surface area contributed by atoms with Crippen LogP contribution in [0.15, 0.2) is 27.1 Å². The third-order valence-electron chi connectivity index (χ3n) is 3.78. The molecular weight excluding hydrogens is 354 g/mol. The quantitative estimate of drug-likeness (QED) is 0.723. The molecule has 2 rings (SSSR count). The molecule has 1 nitrogen and oxygen atoms in total. The van der Waals surface area contributed by atoms with Gasteiger partial charge in [-0.3, -0.25) is 0 Å². The van der Waals surface area contributed by atoms with Crippen molar-refractivity contribution < 1.29 is 0 Å². The first kappa shape index (κ1) is 14.5. The summed E-state index contributed by atoms with van der Waals surface area (Å²) in [6.07, 6.45) is 6.71. The molecule has 1 aromatic rings. The molecule has 0 radical (unpaired) electrons. The molecule has 1 aliphatic carbocycles. The normalized spacial score (nSPS) is 18.2. The van der Waals surface area contributed by atoms with Crippen molar-refractivity contribution in [3.05, 3.63) is 32.7 Å². The minimum Gasteiger partial charge on any atom is -0.310 e. The third-order valence-corrected chi connectivity index (χ3v) is 4.96. The highest BCUT2D eigenvalue weighted by atomic mass is 79.9. The van der Waals surface area contributed by atoms with E-state index in [1.54, 1.807) is 0 Å². The number of benzene rings is 1. The van der Waals surface area contributed by atoms with Crippen molar-refractivity contribution >= 4 is 31.9 Å². The van der Waals surface area contributed by atoms with Crippen LogP contribution in [0.3, 0.4) is 0 Å². The first-order valence-corrected chi connectivity index (χ1v) is 8.49. The number of nitrogens with one attached hydrogen (secondary N) is 1. The lowest BCUT2D eigenvalue weighted by Gasteiger charge is -2.26. The molecule has 3 heteroatoms. The highest BCUT2D eigenvalue weighted by Gasteiger charge is 2.27. The van der Waals surface area contributed by atoms with Crippen LogP contribution in [0.5, 0.6) is 0 Å². The molecule has 0 aromatic heterocycles. The number of hydrogen-bond donors (Lipinski definition) is 1. The summed E-state index contributed by atoms with van der Waals surface area (Å²) in [6.45, 7) is 3.33. The molecule has 1 unspecified atom stereocenters. The van der Waals surface area contributed by atoms with Crippen LogP contribution < -0.4 is 5.32 Å². The molecule has 0 aliphatic heterocycles. The number of rotatable bonds is 5. The Morgan fingerprint density at radius 1 is 1.28 bits per heavy atom. The van der Waals surface area contributed by atoms with Gasteiger partial charge >= 0.3 is 0 Å². The summed E-state index contributed by atoms with van der Waals surface area (Å²) in [5.41, 5.74) is 1.42. The van der Waals surface area contributed by atoms with Gasteiger partial charge in [0.15, 0.2) is 0 Å². The maximum absolute atomic E-state index is 3.74. The van der Waals surface area contributed by atoms with E-state index in [4.69, 9.17) is 0 Å². The summed E-state index contributed by atoms with van der Waals surface area (Å²) >= 11 is 7.25. The Morgan fingerprint density at radius 3 is 2.61 bits per heavy atom. The zero-order chi connectivity index (χ0) is 13.0. The second-order valence-corrected chi connectivity index (χ2v) is 6.91. The zero-order valence-corrected chi connectivity index (χ0v) is 14.1. The summed E-state index contributed by atoms with van der Waals surface area (Å²) in [5, 5.41) is 3.74. The topological polar surface area (TPSA) is 12.0 Å². The van der Waals surface area contributed by atoms with E-state index < -0.39 is 0 Å². The van der Waals surface area contributed by atoms with E-state index in [1.165, 1.54) is 42.1 Å². The van der Waals surface area contributed by atoms with E-state index >= 15 is 0 Å². The third kappa shape index (κ3) is 3.58. The Labute approximate surface area is 127 Å². The van der Waals surface area contributed by atoms with Gasteiger partial charge in [-0.25, -0.2) is 0 Å². The molecule has 1 aromatic carbocycles. The summed E-state index contributed by atoms with van der Waals surface area (Å²) < 4.78 is 2.36. The van der Waals surface area contributed by atoms with E-state index in [-0.39, 0.29) is 0 Å².